The fraction of sp³-hybridized carbons (Fsp3) is 0.200. The van der Waals surface area contributed by atoms with Gasteiger partial charge >= 0.3 is 5.97 Å². The van der Waals surface area contributed by atoms with Gasteiger partial charge in [-0.25, -0.2) is 0 Å². The van der Waals surface area contributed by atoms with Crippen LogP contribution in [0.1, 0.15) is 36.5 Å². The molecule has 0 aliphatic heterocycles. The van der Waals surface area contributed by atoms with Gasteiger partial charge in [-0.15, -0.1) is 0 Å². The van der Waals surface area contributed by atoms with E-state index in [2.05, 4.69) is 0 Å². The topological polar surface area (TPSA) is 57.6 Å². The number of carboxylic acids is 1. The molecular formula is C25H24ClNO3. The van der Waals surface area contributed by atoms with Crippen molar-refractivity contribution in [3.63, 3.8) is 0 Å². The van der Waals surface area contributed by atoms with Crippen LogP contribution in [0, 0.1) is 0 Å². The normalized spacial score (nSPS) is 11.7. The molecule has 0 radical (unpaired) electrons. The standard InChI is InChI=1S/C25H24ClNO3/c1-2-21(16-17-24(28)29)27(25(30)19-12-14-20(26)15-13-19)23-11-7-6-10-22(23)18-8-4-3-5-9-18/h3-15,21H,2,16-17H2,1H3,(H,28,29). The maximum absolute atomic E-state index is 13.6. The maximum atomic E-state index is 13.6. The van der Waals surface area contributed by atoms with Crippen molar-refractivity contribution in [1.29, 1.82) is 0 Å². The van der Waals surface area contributed by atoms with E-state index < -0.39 is 5.97 Å². The van der Waals surface area contributed by atoms with Crippen LogP contribution in [0.2, 0.25) is 5.02 Å². The lowest BCUT2D eigenvalue weighted by atomic mass is 9.98. The number of nitrogens with zero attached hydrogens (tertiary/aromatic N) is 1. The Morgan fingerprint density at radius 2 is 1.57 bits per heavy atom. The summed E-state index contributed by atoms with van der Waals surface area (Å²) in [5, 5.41) is 9.77. The van der Waals surface area contributed by atoms with Gasteiger partial charge in [-0.05, 0) is 48.7 Å². The molecule has 0 aliphatic rings. The molecule has 30 heavy (non-hydrogen) atoms. The second kappa shape index (κ2) is 10.1. The van der Waals surface area contributed by atoms with Gasteiger partial charge in [0, 0.05) is 28.6 Å². The summed E-state index contributed by atoms with van der Waals surface area (Å²) in [5.74, 6) is -1.05. The molecule has 3 aromatic carbocycles. The van der Waals surface area contributed by atoms with Crippen LogP contribution in [0.3, 0.4) is 0 Å². The second-order valence-electron chi connectivity index (χ2n) is 7.06. The van der Waals surface area contributed by atoms with Gasteiger partial charge < -0.3 is 10.0 Å². The number of hydrogen-bond donors (Lipinski definition) is 1. The van der Waals surface area contributed by atoms with Gasteiger partial charge in [0.1, 0.15) is 0 Å². The summed E-state index contributed by atoms with van der Waals surface area (Å²) in [6, 6.07) is 24.1. The van der Waals surface area contributed by atoms with Crippen LogP contribution >= 0.6 is 11.6 Å². The molecule has 0 heterocycles. The SMILES string of the molecule is CCC(CCC(=O)O)N(C(=O)c1ccc(Cl)cc1)c1ccccc1-c1ccccc1. The van der Waals surface area contributed by atoms with Crippen LogP contribution in [0.25, 0.3) is 11.1 Å². The van der Waals surface area contributed by atoms with Crippen LogP contribution in [-0.2, 0) is 4.79 Å². The molecule has 3 aromatic rings. The van der Waals surface area contributed by atoms with E-state index in [9.17, 15) is 14.7 Å². The lowest BCUT2D eigenvalue weighted by Crippen LogP contribution is -2.41. The number of hydrogen-bond acceptors (Lipinski definition) is 2. The Bertz CT molecular complexity index is 1000. The third-order valence-corrected chi connectivity index (χ3v) is 5.34. The van der Waals surface area contributed by atoms with Crippen LogP contribution in [-0.4, -0.2) is 23.0 Å². The summed E-state index contributed by atoms with van der Waals surface area (Å²) in [6.07, 6.45) is 1.00. The van der Waals surface area contributed by atoms with Crippen LogP contribution in [0.4, 0.5) is 5.69 Å². The van der Waals surface area contributed by atoms with Gasteiger partial charge in [-0.2, -0.15) is 0 Å². The molecule has 4 nitrogen and oxygen atoms in total. The first kappa shape index (κ1) is 21.6. The van der Waals surface area contributed by atoms with Gasteiger partial charge in [0.05, 0.1) is 5.69 Å². The minimum absolute atomic E-state index is 0.00356. The van der Waals surface area contributed by atoms with Crippen molar-refractivity contribution in [2.75, 3.05) is 4.90 Å². The molecule has 1 amide bonds. The highest BCUT2D eigenvalue weighted by Gasteiger charge is 2.27. The van der Waals surface area contributed by atoms with E-state index in [0.29, 0.717) is 23.4 Å². The number of amides is 1. The molecule has 0 fully saturated rings. The number of carbonyl (C=O) groups is 2. The third-order valence-electron chi connectivity index (χ3n) is 5.09. The van der Waals surface area contributed by atoms with Crippen molar-refractivity contribution in [3.8, 4) is 11.1 Å². The number of carbonyl (C=O) groups excluding carboxylic acids is 1. The van der Waals surface area contributed by atoms with Crippen LogP contribution in [0.5, 0.6) is 0 Å². The number of rotatable bonds is 8. The van der Waals surface area contributed by atoms with Crippen molar-refractivity contribution < 1.29 is 14.7 Å². The predicted molar refractivity (Wildman–Crippen MR) is 121 cm³/mol. The number of para-hydroxylation sites is 1. The zero-order chi connectivity index (χ0) is 21.5. The lowest BCUT2D eigenvalue weighted by molar-refractivity contribution is -0.137. The molecular weight excluding hydrogens is 398 g/mol. The summed E-state index contributed by atoms with van der Waals surface area (Å²) in [6.45, 7) is 1.97. The smallest absolute Gasteiger partial charge is 0.303 e. The largest absolute Gasteiger partial charge is 0.481 e. The van der Waals surface area contributed by atoms with E-state index in [-0.39, 0.29) is 18.4 Å². The summed E-state index contributed by atoms with van der Waals surface area (Å²) < 4.78 is 0. The number of carboxylic acid groups (broad SMARTS) is 1. The first-order valence-electron chi connectivity index (χ1n) is 9.96. The summed E-state index contributed by atoms with van der Waals surface area (Å²) in [4.78, 5) is 26.6. The van der Waals surface area contributed by atoms with E-state index in [1.54, 1.807) is 29.2 Å². The number of anilines is 1. The molecule has 0 aliphatic carbocycles. The third kappa shape index (κ3) is 5.08. The van der Waals surface area contributed by atoms with Crippen molar-refractivity contribution >= 4 is 29.2 Å². The van der Waals surface area contributed by atoms with Gasteiger partial charge in [-0.1, -0.05) is 67.1 Å². The average Bonchev–Trinajstić information content (AvgIpc) is 2.77. The van der Waals surface area contributed by atoms with E-state index in [1.165, 1.54) is 0 Å². The molecule has 0 spiro atoms. The molecule has 0 saturated heterocycles. The number of halogens is 1. The first-order chi connectivity index (χ1) is 14.5. The highest BCUT2D eigenvalue weighted by atomic mass is 35.5. The zero-order valence-corrected chi connectivity index (χ0v) is 17.5. The Morgan fingerprint density at radius 3 is 2.20 bits per heavy atom. The highest BCUT2D eigenvalue weighted by molar-refractivity contribution is 6.30. The summed E-state index contributed by atoms with van der Waals surface area (Å²) in [7, 11) is 0. The van der Waals surface area contributed by atoms with Gasteiger partial charge in [-0.3, -0.25) is 9.59 Å². The second-order valence-corrected chi connectivity index (χ2v) is 7.50. The van der Waals surface area contributed by atoms with E-state index in [0.717, 1.165) is 16.8 Å². The monoisotopic (exact) mass is 421 g/mol. The fourth-order valence-electron chi connectivity index (χ4n) is 3.55. The number of benzene rings is 3. The maximum Gasteiger partial charge on any atom is 0.303 e. The molecule has 0 saturated carbocycles. The Balaban J connectivity index is 2.11. The average molecular weight is 422 g/mol. The lowest BCUT2D eigenvalue weighted by Gasteiger charge is -2.33. The molecule has 1 N–H and O–H groups in total. The van der Waals surface area contributed by atoms with Gasteiger partial charge in [0.15, 0.2) is 0 Å². The van der Waals surface area contributed by atoms with E-state index in [1.807, 2.05) is 61.5 Å². The first-order valence-corrected chi connectivity index (χ1v) is 10.3. The Hall–Kier alpha value is -3.11. The molecule has 0 aromatic heterocycles. The Kier molecular flexibility index (Phi) is 7.26. The molecule has 154 valence electrons. The van der Waals surface area contributed by atoms with Crippen LogP contribution < -0.4 is 4.90 Å². The summed E-state index contributed by atoms with van der Waals surface area (Å²) >= 11 is 6.00. The molecule has 1 unspecified atom stereocenters. The van der Waals surface area contributed by atoms with Gasteiger partial charge in [0.25, 0.3) is 5.91 Å². The van der Waals surface area contributed by atoms with Gasteiger partial charge in [0.2, 0.25) is 0 Å². The Morgan fingerprint density at radius 1 is 0.933 bits per heavy atom. The predicted octanol–water partition coefficient (Wildman–Crippen LogP) is 6.30. The molecule has 5 heteroatoms. The highest BCUT2D eigenvalue weighted by Crippen LogP contribution is 2.34. The van der Waals surface area contributed by atoms with Crippen molar-refractivity contribution in [1.82, 2.24) is 0 Å². The number of aliphatic carboxylic acids is 1. The molecule has 3 rings (SSSR count). The summed E-state index contributed by atoms with van der Waals surface area (Å²) in [5.41, 5.74) is 3.20. The van der Waals surface area contributed by atoms with Crippen LogP contribution in [0.15, 0.2) is 78.9 Å². The van der Waals surface area contributed by atoms with Crippen molar-refractivity contribution in [3.05, 3.63) is 89.4 Å². The minimum atomic E-state index is -0.872. The van der Waals surface area contributed by atoms with Crippen molar-refractivity contribution in [2.24, 2.45) is 0 Å². The van der Waals surface area contributed by atoms with Crippen molar-refractivity contribution in [2.45, 2.75) is 32.2 Å². The molecule has 1 atom stereocenters. The Labute approximate surface area is 181 Å². The minimum Gasteiger partial charge on any atom is -0.481 e. The fourth-order valence-corrected chi connectivity index (χ4v) is 3.68. The zero-order valence-electron chi connectivity index (χ0n) is 16.8. The quantitative estimate of drug-likeness (QED) is 0.464. The van der Waals surface area contributed by atoms with E-state index in [4.69, 9.17) is 11.6 Å². The molecule has 0 bridgehead atoms. The van der Waals surface area contributed by atoms with E-state index >= 15 is 0 Å².